The van der Waals surface area contributed by atoms with Crippen molar-refractivity contribution in [1.29, 1.82) is 0 Å². The third-order valence-corrected chi connectivity index (χ3v) is 6.92. The summed E-state index contributed by atoms with van der Waals surface area (Å²) < 4.78 is 6.08. The molecule has 0 aliphatic rings. The lowest BCUT2D eigenvalue weighted by molar-refractivity contribution is -0.143. The molecule has 8 nitrogen and oxygen atoms in total. The summed E-state index contributed by atoms with van der Waals surface area (Å²) in [6, 6.07) is 21.7. The lowest BCUT2D eigenvalue weighted by atomic mass is 9.82. The van der Waals surface area contributed by atoms with Crippen molar-refractivity contribution in [1.82, 2.24) is 10.6 Å². The molecule has 0 heterocycles. The molecular formula is C30H33IN2O6. The van der Waals surface area contributed by atoms with E-state index in [0.717, 1.165) is 5.56 Å². The van der Waals surface area contributed by atoms with Crippen LogP contribution < -0.4 is 10.6 Å². The zero-order valence-electron chi connectivity index (χ0n) is 22.1. The minimum absolute atomic E-state index is 0.0205. The summed E-state index contributed by atoms with van der Waals surface area (Å²) in [5.41, 5.74) is -0.379. The Kier molecular flexibility index (Phi) is 9.96. The van der Waals surface area contributed by atoms with Crippen LogP contribution in [-0.4, -0.2) is 39.8 Å². The van der Waals surface area contributed by atoms with E-state index in [1.807, 2.05) is 52.9 Å². The molecule has 0 unspecified atom stereocenters. The number of nitrogens with one attached hydrogen (secondary N) is 2. The molecule has 3 rings (SSSR count). The normalized spacial score (nSPS) is 13.5. The third-order valence-electron chi connectivity index (χ3n) is 6.06. The quantitative estimate of drug-likeness (QED) is 0.226. The molecule has 9 heteroatoms. The first-order valence-corrected chi connectivity index (χ1v) is 13.6. The number of carbonyl (C=O) groups is 3. The predicted molar refractivity (Wildman–Crippen MR) is 156 cm³/mol. The predicted octanol–water partition coefficient (Wildman–Crippen LogP) is 5.16. The van der Waals surface area contributed by atoms with Gasteiger partial charge in [-0.2, -0.15) is 0 Å². The van der Waals surface area contributed by atoms with Crippen LogP contribution in [0.5, 0.6) is 5.75 Å². The number of alkyl carbamates (subject to hydrolysis) is 1. The van der Waals surface area contributed by atoms with Crippen LogP contribution >= 0.6 is 22.6 Å². The van der Waals surface area contributed by atoms with E-state index < -0.39 is 35.2 Å². The Morgan fingerprint density at radius 1 is 0.923 bits per heavy atom. The molecule has 0 radical (unpaired) electrons. The first-order chi connectivity index (χ1) is 18.4. The third kappa shape index (κ3) is 8.44. The van der Waals surface area contributed by atoms with Crippen LogP contribution in [0.2, 0.25) is 0 Å². The number of benzene rings is 3. The average molecular weight is 645 g/mol. The van der Waals surface area contributed by atoms with Crippen LogP contribution in [-0.2, 0) is 32.7 Å². The maximum absolute atomic E-state index is 14.1. The second-order valence-electron chi connectivity index (χ2n) is 10.2. The largest absolute Gasteiger partial charge is 0.507 e. The van der Waals surface area contributed by atoms with E-state index in [-0.39, 0.29) is 18.6 Å². The number of carbonyl (C=O) groups excluding carboxylic acids is 2. The lowest BCUT2D eigenvalue weighted by Crippen LogP contribution is -2.60. The number of phenols is 1. The molecule has 0 spiro atoms. The van der Waals surface area contributed by atoms with Gasteiger partial charge in [-0.1, -0.05) is 66.7 Å². The zero-order chi connectivity index (χ0) is 28.6. The number of hydrogen-bond donors (Lipinski definition) is 4. The maximum Gasteiger partial charge on any atom is 0.408 e. The van der Waals surface area contributed by atoms with Crippen LogP contribution in [0.15, 0.2) is 78.9 Å². The van der Waals surface area contributed by atoms with Gasteiger partial charge in [0.15, 0.2) is 0 Å². The fourth-order valence-corrected chi connectivity index (χ4v) is 4.73. The molecule has 4 N–H and O–H groups in total. The molecule has 3 aromatic carbocycles. The van der Waals surface area contributed by atoms with E-state index in [1.165, 1.54) is 6.07 Å². The number of amides is 2. The standard InChI is InChI=1S/C30H33IN2O6/c1-29(2,3)39-28(38)33-30(22-12-8-5-9-13-22,17-16-20-10-6-4-7-11-20)27(37)32-24(26(35)36)19-21-14-15-25(34)23(31)18-21/h4-15,18,24,34H,16-17,19H2,1-3H3,(H,32,37)(H,33,38)(H,35,36)/t24-,30-/m0/s1. The van der Waals surface area contributed by atoms with Gasteiger partial charge in [-0.15, -0.1) is 0 Å². The fourth-order valence-electron chi connectivity index (χ4n) is 4.15. The molecule has 206 valence electrons. The molecule has 0 bridgehead atoms. The van der Waals surface area contributed by atoms with Gasteiger partial charge in [-0.25, -0.2) is 9.59 Å². The number of halogens is 1. The minimum atomic E-state index is -1.63. The van der Waals surface area contributed by atoms with Crippen molar-refractivity contribution >= 4 is 40.6 Å². The summed E-state index contributed by atoms with van der Waals surface area (Å²) >= 11 is 1.95. The van der Waals surface area contributed by atoms with Gasteiger partial charge < -0.3 is 25.6 Å². The Hall–Kier alpha value is -3.60. The van der Waals surface area contributed by atoms with Crippen molar-refractivity contribution in [3.8, 4) is 5.75 Å². The zero-order valence-corrected chi connectivity index (χ0v) is 24.3. The first kappa shape index (κ1) is 29.9. The number of hydrogen-bond acceptors (Lipinski definition) is 5. The Bertz CT molecular complexity index is 1290. The lowest BCUT2D eigenvalue weighted by Gasteiger charge is -2.36. The van der Waals surface area contributed by atoms with Gasteiger partial charge in [0.05, 0.1) is 3.57 Å². The summed E-state index contributed by atoms with van der Waals surface area (Å²) in [7, 11) is 0. The van der Waals surface area contributed by atoms with Crippen molar-refractivity contribution in [2.75, 3.05) is 0 Å². The molecule has 0 saturated heterocycles. The number of aromatic hydroxyl groups is 1. The molecule has 39 heavy (non-hydrogen) atoms. The number of aliphatic carboxylic acids is 1. The summed E-state index contributed by atoms with van der Waals surface area (Å²) in [6.07, 6.45) is -0.245. The van der Waals surface area contributed by atoms with Gasteiger partial charge in [0, 0.05) is 6.42 Å². The van der Waals surface area contributed by atoms with Crippen molar-refractivity contribution in [3.05, 3.63) is 99.1 Å². The maximum atomic E-state index is 14.1. The summed E-state index contributed by atoms with van der Waals surface area (Å²) in [5.74, 6) is -1.81. The summed E-state index contributed by atoms with van der Waals surface area (Å²) in [5, 5.41) is 25.3. The topological polar surface area (TPSA) is 125 Å². The molecule has 0 aliphatic carbocycles. The fraction of sp³-hybridized carbons (Fsp3) is 0.300. The van der Waals surface area contributed by atoms with E-state index in [2.05, 4.69) is 10.6 Å². The minimum Gasteiger partial charge on any atom is -0.507 e. The van der Waals surface area contributed by atoms with Crippen LogP contribution in [0.25, 0.3) is 0 Å². The number of phenolic OH excluding ortho intramolecular Hbond substituents is 1. The first-order valence-electron chi connectivity index (χ1n) is 12.5. The van der Waals surface area contributed by atoms with E-state index in [0.29, 0.717) is 21.1 Å². The highest BCUT2D eigenvalue weighted by Gasteiger charge is 2.44. The van der Waals surface area contributed by atoms with Crippen molar-refractivity contribution < 1.29 is 29.3 Å². The molecule has 3 aromatic rings. The number of carboxylic acid groups (broad SMARTS) is 1. The van der Waals surface area contributed by atoms with Crippen molar-refractivity contribution in [2.45, 2.75) is 57.2 Å². The Labute approximate surface area is 241 Å². The Morgan fingerprint density at radius 2 is 1.54 bits per heavy atom. The van der Waals surface area contributed by atoms with E-state index in [9.17, 15) is 24.6 Å². The monoisotopic (exact) mass is 644 g/mol. The van der Waals surface area contributed by atoms with Gasteiger partial charge in [0.25, 0.3) is 5.91 Å². The molecule has 2 atom stereocenters. The highest BCUT2D eigenvalue weighted by atomic mass is 127. The molecule has 0 aliphatic heterocycles. The van der Waals surface area contributed by atoms with Gasteiger partial charge in [-0.3, -0.25) is 4.79 Å². The average Bonchev–Trinajstić information content (AvgIpc) is 2.88. The van der Waals surface area contributed by atoms with E-state index >= 15 is 0 Å². The van der Waals surface area contributed by atoms with Crippen LogP contribution in [0, 0.1) is 3.57 Å². The van der Waals surface area contributed by atoms with Gasteiger partial charge in [0.1, 0.15) is 22.9 Å². The smallest absolute Gasteiger partial charge is 0.408 e. The van der Waals surface area contributed by atoms with E-state index in [4.69, 9.17) is 4.74 Å². The summed E-state index contributed by atoms with van der Waals surface area (Å²) in [4.78, 5) is 39.5. The molecule has 0 saturated carbocycles. The van der Waals surface area contributed by atoms with Gasteiger partial charge in [-0.05, 0) is 85.0 Å². The number of aryl methyl sites for hydroxylation is 1. The number of carboxylic acids is 1. The van der Waals surface area contributed by atoms with Crippen LogP contribution in [0.4, 0.5) is 4.79 Å². The molecule has 0 aromatic heterocycles. The Balaban J connectivity index is 2.01. The van der Waals surface area contributed by atoms with Crippen molar-refractivity contribution in [3.63, 3.8) is 0 Å². The molecule has 0 fully saturated rings. The van der Waals surface area contributed by atoms with Gasteiger partial charge >= 0.3 is 12.1 Å². The highest BCUT2D eigenvalue weighted by molar-refractivity contribution is 14.1. The highest BCUT2D eigenvalue weighted by Crippen LogP contribution is 2.29. The van der Waals surface area contributed by atoms with Crippen LogP contribution in [0.1, 0.15) is 43.9 Å². The number of ether oxygens (including phenoxy) is 1. The van der Waals surface area contributed by atoms with Crippen molar-refractivity contribution in [2.24, 2.45) is 0 Å². The molecule has 2 amide bonds. The number of rotatable bonds is 10. The Morgan fingerprint density at radius 3 is 2.10 bits per heavy atom. The summed E-state index contributed by atoms with van der Waals surface area (Å²) in [6.45, 7) is 5.17. The van der Waals surface area contributed by atoms with Crippen LogP contribution in [0.3, 0.4) is 0 Å². The second kappa shape index (κ2) is 13.0. The SMILES string of the molecule is CC(C)(C)OC(=O)N[C@](CCc1ccccc1)(C(=O)N[C@@H](Cc1ccc(O)c(I)c1)C(=O)O)c1ccccc1. The second-order valence-corrected chi connectivity index (χ2v) is 11.4. The molecular weight excluding hydrogens is 611 g/mol. The van der Waals surface area contributed by atoms with Gasteiger partial charge in [0.2, 0.25) is 0 Å². The van der Waals surface area contributed by atoms with E-state index in [1.54, 1.807) is 63.2 Å².